The number of rotatable bonds is 6. The Balaban J connectivity index is 1.68. The number of phenols is 1. The lowest BCUT2D eigenvalue weighted by molar-refractivity contribution is 0.203. The Hall–Kier alpha value is -2.40. The van der Waals surface area contributed by atoms with Crippen molar-refractivity contribution in [3.05, 3.63) is 48.0 Å². The summed E-state index contributed by atoms with van der Waals surface area (Å²) in [6, 6.07) is 13.7. The number of ether oxygens (including phenoxy) is 1. The number of para-hydroxylation sites is 2. The second-order valence-corrected chi connectivity index (χ2v) is 6.49. The van der Waals surface area contributed by atoms with Gasteiger partial charge in [0.05, 0.1) is 18.5 Å². The third-order valence-corrected chi connectivity index (χ3v) is 4.84. The van der Waals surface area contributed by atoms with E-state index >= 15 is 0 Å². The molecule has 0 aliphatic carbocycles. The van der Waals surface area contributed by atoms with Gasteiger partial charge < -0.3 is 25.2 Å². The fraction of sp³-hybridized carbons (Fsp3) is 0.400. The molecule has 2 aromatic carbocycles. The molecule has 1 aliphatic rings. The van der Waals surface area contributed by atoms with Crippen LogP contribution in [-0.2, 0) is 6.54 Å². The Morgan fingerprint density at radius 2 is 1.92 bits per heavy atom. The third-order valence-electron chi connectivity index (χ3n) is 4.84. The number of piperidine rings is 1. The summed E-state index contributed by atoms with van der Waals surface area (Å²) in [6.07, 6.45) is 2.05. The van der Waals surface area contributed by atoms with Gasteiger partial charge in [0, 0.05) is 26.2 Å². The molecule has 2 aromatic rings. The van der Waals surface area contributed by atoms with Crippen LogP contribution in [0.15, 0.2) is 42.5 Å². The zero-order chi connectivity index (χ0) is 17.6. The molecule has 1 aliphatic heterocycles. The van der Waals surface area contributed by atoms with Crippen molar-refractivity contribution in [2.24, 2.45) is 5.92 Å². The Kier molecular flexibility index (Phi) is 5.66. The van der Waals surface area contributed by atoms with Crippen molar-refractivity contribution in [3.8, 4) is 11.5 Å². The molecule has 0 amide bonds. The smallest absolute Gasteiger partial charge is 0.160 e. The monoisotopic (exact) mass is 342 g/mol. The fourth-order valence-corrected chi connectivity index (χ4v) is 3.30. The number of nitrogens with one attached hydrogen (secondary N) is 1. The number of aromatic hydroxyl groups is 1. The number of nitrogens with zero attached hydrogens (tertiary/aromatic N) is 1. The summed E-state index contributed by atoms with van der Waals surface area (Å²) < 4.78 is 5.08. The van der Waals surface area contributed by atoms with Gasteiger partial charge in [0.25, 0.3) is 0 Å². The molecule has 0 bridgehead atoms. The van der Waals surface area contributed by atoms with Gasteiger partial charge in [-0.25, -0.2) is 0 Å². The van der Waals surface area contributed by atoms with Crippen molar-refractivity contribution < 1.29 is 14.9 Å². The summed E-state index contributed by atoms with van der Waals surface area (Å²) in [5, 5.41) is 22.7. The van der Waals surface area contributed by atoms with Crippen LogP contribution in [0.5, 0.6) is 11.5 Å². The molecule has 0 radical (unpaired) electrons. The number of aliphatic hydroxyl groups is 1. The Morgan fingerprint density at radius 3 is 2.60 bits per heavy atom. The first kappa shape index (κ1) is 17.4. The summed E-state index contributed by atoms with van der Waals surface area (Å²) in [5.74, 6) is 1.07. The van der Waals surface area contributed by atoms with Gasteiger partial charge in [0.2, 0.25) is 0 Å². The number of anilines is 2. The first-order valence-electron chi connectivity index (χ1n) is 8.76. The first-order valence-corrected chi connectivity index (χ1v) is 8.76. The van der Waals surface area contributed by atoms with E-state index < -0.39 is 0 Å². The molecule has 25 heavy (non-hydrogen) atoms. The van der Waals surface area contributed by atoms with Gasteiger partial charge in [-0.2, -0.15) is 0 Å². The minimum Gasteiger partial charge on any atom is -0.504 e. The molecule has 0 spiro atoms. The SMILES string of the molecule is COc1ccc(CNc2ccccc2N2CCC(CO)CC2)cc1O. The summed E-state index contributed by atoms with van der Waals surface area (Å²) in [6.45, 7) is 2.84. The maximum Gasteiger partial charge on any atom is 0.160 e. The van der Waals surface area contributed by atoms with E-state index in [1.54, 1.807) is 19.2 Å². The minimum atomic E-state index is 0.154. The molecule has 3 N–H and O–H groups in total. The molecule has 5 heteroatoms. The van der Waals surface area contributed by atoms with Gasteiger partial charge in [0.1, 0.15) is 0 Å². The average molecular weight is 342 g/mol. The van der Waals surface area contributed by atoms with Crippen molar-refractivity contribution in [2.45, 2.75) is 19.4 Å². The highest BCUT2D eigenvalue weighted by Gasteiger charge is 2.20. The number of hydrogen-bond donors (Lipinski definition) is 3. The summed E-state index contributed by atoms with van der Waals surface area (Å²) in [4.78, 5) is 2.37. The molecule has 1 fully saturated rings. The Bertz CT molecular complexity index is 697. The highest BCUT2D eigenvalue weighted by Crippen LogP contribution is 2.31. The average Bonchev–Trinajstić information content (AvgIpc) is 2.67. The number of phenolic OH excluding ortho intramolecular Hbond substituents is 1. The van der Waals surface area contributed by atoms with E-state index in [0.717, 1.165) is 37.2 Å². The van der Waals surface area contributed by atoms with Gasteiger partial charge in [-0.15, -0.1) is 0 Å². The second-order valence-electron chi connectivity index (χ2n) is 6.49. The number of hydrogen-bond acceptors (Lipinski definition) is 5. The number of methoxy groups -OCH3 is 1. The van der Waals surface area contributed by atoms with Crippen LogP contribution in [-0.4, -0.2) is 37.0 Å². The number of benzene rings is 2. The normalized spacial score (nSPS) is 15.2. The van der Waals surface area contributed by atoms with Gasteiger partial charge in [-0.05, 0) is 48.6 Å². The van der Waals surface area contributed by atoms with Gasteiger partial charge in [-0.1, -0.05) is 18.2 Å². The van der Waals surface area contributed by atoms with Crippen LogP contribution in [0, 0.1) is 5.92 Å². The van der Waals surface area contributed by atoms with Gasteiger partial charge in [0.15, 0.2) is 11.5 Å². The van der Waals surface area contributed by atoms with Crippen LogP contribution in [0.25, 0.3) is 0 Å². The van der Waals surface area contributed by atoms with Crippen LogP contribution >= 0.6 is 0 Å². The highest BCUT2D eigenvalue weighted by molar-refractivity contribution is 5.70. The van der Waals surface area contributed by atoms with Gasteiger partial charge >= 0.3 is 0 Å². The lowest BCUT2D eigenvalue weighted by Crippen LogP contribution is -2.35. The summed E-state index contributed by atoms with van der Waals surface area (Å²) in [7, 11) is 1.54. The van der Waals surface area contributed by atoms with Crippen molar-refractivity contribution in [2.75, 3.05) is 37.0 Å². The quantitative estimate of drug-likeness (QED) is 0.752. The maximum atomic E-state index is 9.91. The zero-order valence-corrected chi connectivity index (χ0v) is 14.6. The van der Waals surface area contributed by atoms with Crippen LogP contribution < -0.4 is 15.0 Å². The molecule has 0 unspecified atom stereocenters. The molecule has 5 nitrogen and oxygen atoms in total. The summed E-state index contributed by atoms with van der Waals surface area (Å²) >= 11 is 0. The molecule has 134 valence electrons. The molecule has 3 rings (SSSR count). The van der Waals surface area contributed by atoms with E-state index in [2.05, 4.69) is 28.4 Å². The van der Waals surface area contributed by atoms with E-state index in [9.17, 15) is 10.2 Å². The van der Waals surface area contributed by atoms with Crippen molar-refractivity contribution >= 4 is 11.4 Å². The zero-order valence-electron chi connectivity index (χ0n) is 14.6. The van der Waals surface area contributed by atoms with E-state index in [-0.39, 0.29) is 12.4 Å². The molecule has 0 aromatic heterocycles. The molecule has 0 atom stereocenters. The minimum absolute atomic E-state index is 0.154. The lowest BCUT2D eigenvalue weighted by Gasteiger charge is -2.34. The summed E-state index contributed by atoms with van der Waals surface area (Å²) in [5.41, 5.74) is 3.27. The highest BCUT2D eigenvalue weighted by atomic mass is 16.5. The largest absolute Gasteiger partial charge is 0.504 e. The van der Waals surface area contributed by atoms with Crippen LogP contribution in [0.3, 0.4) is 0 Å². The number of aliphatic hydroxyl groups excluding tert-OH is 1. The third kappa shape index (κ3) is 4.17. The molecule has 1 saturated heterocycles. The predicted octanol–water partition coefficient (Wildman–Crippen LogP) is 3.22. The Labute approximate surface area is 148 Å². The van der Waals surface area contributed by atoms with Crippen LogP contribution in [0.1, 0.15) is 18.4 Å². The van der Waals surface area contributed by atoms with Crippen molar-refractivity contribution in [1.82, 2.24) is 0 Å². The maximum absolute atomic E-state index is 9.91. The van der Waals surface area contributed by atoms with E-state index in [4.69, 9.17) is 4.74 Å². The van der Waals surface area contributed by atoms with Crippen LogP contribution in [0.2, 0.25) is 0 Å². The van der Waals surface area contributed by atoms with E-state index in [1.165, 1.54) is 5.69 Å². The van der Waals surface area contributed by atoms with E-state index in [0.29, 0.717) is 18.2 Å². The van der Waals surface area contributed by atoms with Crippen molar-refractivity contribution in [3.63, 3.8) is 0 Å². The first-order chi connectivity index (χ1) is 12.2. The van der Waals surface area contributed by atoms with Gasteiger partial charge in [-0.3, -0.25) is 0 Å². The van der Waals surface area contributed by atoms with E-state index in [1.807, 2.05) is 12.1 Å². The Morgan fingerprint density at radius 1 is 1.16 bits per heavy atom. The topological polar surface area (TPSA) is 65.0 Å². The standard InChI is InChI=1S/C20H26N2O3/c1-25-20-7-6-16(12-19(20)24)13-21-17-4-2-3-5-18(17)22-10-8-15(14-23)9-11-22/h2-7,12,15,21,23-24H,8-11,13-14H2,1H3. The molecule has 1 heterocycles. The van der Waals surface area contributed by atoms with Crippen molar-refractivity contribution in [1.29, 1.82) is 0 Å². The van der Waals surface area contributed by atoms with Crippen LogP contribution in [0.4, 0.5) is 11.4 Å². The molecular formula is C20H26N2O3. The molecular weight excluding hydrogens is 316 g/mol. The fourth-order valence-electron chi connectivity index (χ4n) is 3.30. The predicted molar refractivity (Wildman–Crippen MR) is 100 cm³/mol. The molecule has 0 saturated carbocycles. The lowest BCUT2D eigenvalue weighted by atomic mass is 9.97. The second kappa shape index (κ2) is 8.12.